The molecular formula is C18H19N5O2. The van der Waals surface area contributed by atoms with Crippen molar-refractivity contribution in [2.75, 3.05) is 11.9 Å². The van der Waals surface area contributed by atoms with E-state index in [-0.39, 0.29) is 5.91 Å². The molecule has 4 rings (SSSR count). The van der Waals surface area contributed by atoms with Crippen molar-refractivity contribution >= 4 is 11.6 Å². The quantitative estimate of drug-likeness (QED) is 0.769. The minimum atomic E-state index is -0.234. The van der Waals surface area contributed by atoms with Crippen LogP contribution in [0, 0.1) is 13.8 Å². The molecule has 1 aliphatic rings. The Balaban J connectivity index is 1.57. The van der Waals surface area contributed by atoms with Crippen LogP contribution >= 0.6 is 0 Å². The van der Waals surface area contributed by atoms with Crippen molar-refractivity contribution in [3.63, 3.8) is 0 Å². The summed E-state index contributed by atoms with van der Waals surface area (Å²) in [7, 11) is 1.85. The number of fused-ring (bicyclic) bond motifs is 1. The van der Waals surface area contributed by atoms with E-state index < -0.39 is 0 Å². The zero-order valence-corrected chi connectivity index (χ0v) is 14.4. The molecule has 7 nitrogen and oxygen atoms in total. The summed E-state index contributed by atoms with van der Waals surface area (Å²) in [5.41, 5.74) is 5.71. The fourth-order valence-electron chi connectivity index (χ4n) is 3.07. The number of amides is 1. The summed E-state index contributed by atoms with van der Waals surface area (Å²) in [5, 5.41) is 14.3. The summed E-state index contributed by atoms with van der Waals surface area (Å²) >= 11 is 0. The van der Waals surface area contributed by atoms with E-state index in [1.165, 1.54) is 5.56 Å². The fraction of sp³-hybridized carbons (Fsp3) is 0.278. The minimum absolute atomic E-state index is 0.234. The van der Waals surface area contributed by atoms with Crippen molar-refractivity contribution in [1.82, 2.24) is 20.0 Å². The van der Waals surface area contributed by atoms with Gasteiger partial charge in [0, 0.05) is 19.0 Å². The summed E-state index contributed by atoms with van der Waals surface area (Å²) in [5.74, 6) is 0.697. The van der Waals surface area contributed by atoms with Crippen LogP contribution in [0.15, 0.2) is 24.3 Å². The van der Waals surface area contributed by atoms with Gasteiger partial charge in [0.25, 0.3) is 5.91 Å². The number of aromatic nitrogens is 4. The van der Waals surface area contributed by atoms with Crippen molar-refractivity contribution in [1.29, 1.82) is 0 Å². The maximum absolute atomic E-state index is 12.5. The topological polar surface area (TPSA) is 84.8 Å². The standard InChI is InChI=1S/C18H19N5O2/c1-10-17(11(2)23(3)22-10)19-18(24)15-9-14(20-21-15)12-4-5-16-13(8-12)6-7-25-16/h4-5,8-9H,6-7H2,1-3H3,(H,19,24)(H,20,21). The lowest BCUT2D eigenvalue weighted by Crippen LogP contribution is -2.13. The van der Waals surface area contributed by atoms with Gasteiger partial charge in [0.2, 0.25) is 0 Å². The third-order valence-electron chi connectivity index (χ3n) is 4.56. The number of aromatic amines is 1. The van der Waals surface area contributed by atoms with E-state index >= 15 is 0 Å². The van der Waals surface area contributed by atoms with Crippen LogP contribution in [0.3, 0.4) is 0 Å². The Kier molecular flexibility index (Phi) is 3.56. The summed E-state index contributed by atoms with van der Waals surface area (Å²) < 4.78 is 7.27. The largest absolute Gasteiger partial charge is 0.493 e. The van der Waals surface area contributed by atoms with Gasteiger partial charge in [-0.05, 0) is 43.7 Å². The van der Waals surface area contributed by atoms with Crippen LogP contribution < -0.4 is 10.1 Å². The molecule has 0 unspecified atom stereocenters. The highest BCUT2D eigenvalue weighted by molar-refractivity contribution is 6.04. The van der Waals surface area contributed by atoms with E-state index in [2.05, 4.69) is 26.7 Å². The molecule has 0 spiro atoms. The molecule has 0 saturated heterocycles. The molecule has 3 aromatic rings. The third-order valence-corrected chi connectivity index (χ3v) is 4.56. The maximum atomic E-state index is 12.5. The monoisotopic (exact) mass is 337 g/mol. The van der Waals surface area contributed by atoms with Crippen molar-refractivity contribution in [3.05, 3.63) is 46.9 Å². The molecule has 128 valence electrons. The highest BCUT2D eigenvalue weighted by atomic mass is 16.5. The highest BCUT2D eigenvalue weighted by Gasteiger charge is 2.17. The number of H-pyrrole nitrogens is 1. The Morgan fingerprint density at radius 3 is 2.92 bits per heavy atom. The van der Waals surface area contributed by atoms with Crippen molar-refractivity contribution in [3.8, 4) is 17.0 Å². The van der Waals surface area contributed by atoms with Crippen molar-refractivity contribution in [2.45, 2.75) is 20.3 Å². The summed E-state index contributed by atoms with van der Waals surface area (Å²) in [6, 6.07) is 7.73. The number of rotatable bonds is 3. The predicted octanol–water partition coefficient (Wildman–Crippen LogP) is 2.61. The van der Waals surface area contributed by atoms with Crippen LogP contribution in [0.2, 0.25) is 0 Å². The SMILES string of the molecule is Cc1nn(C)c(C)c1NC(=O)c1cc(-c2ccc3c(c2)CCO3)n[nH]1. The van der Waals surface area contributed by atoms with Gasteiger partial charge in [-0.3, -0.25) is 14.6 Å². The number of aryl methyl sites for hydroxylation is 2. The lowest BCUT2D eigenvalue weighted by Gasteiger charge is -2.03. The summed E-state index contributed by atoms with van der Waals surface area (Å²) in [6.07, 6.45) is 0.903. The first kappa shape index (κ1) is 15.4. The first-order chi connectivity index (χ1) is 12.0. The molecular weight excluding hydrogens is 318 g/mol. The number of hydrogen-bond donors (Lipinski definition) is 2. The maximum Gasteiger partial charge on any atom is 0.273 e. The first-order valence-corrected chi connectivity index (χ1v) is 8.16. The van der Waals surface area contributed by atoms with Crippen LogP contribution in [0.1, 0.15) is 27.4 Å². The minimum Gasteiger partial charge on any atom is -0.493 e. The number of hydrogen-bond acceptors (Lipinski definition) is 4. The normalized spacial score (nSPS) is 12.8. The van der Waals surface area contributed by atoms with E-state index in [1.54, 1.807) is 10.7 Å². The Bertz CT molecular complexity index is 970. The number of benzene rings is 1. The van der Waals surface area contributed by atoms with E-state index in [4.69, 9.17) is 4.74 Å². The number of nitrogens with zero attached hydrogens (tertiary/aromatic N) is 3. The van der Waals surface area contributed by atoms with Gasteiger partial charge in [-0.25, -0.2) is 0 Å². The van der Waals surface area contributed by atoms with Crippen LogP contribution in [0.4, 0.5) is 5.69 Å². The first-order valence-electron chi connectivity index (χ1n) is 8.16. The second-order valence-electron chi connectivity index (χ2n) is 6.21. The highest BCUT2D eigenvalue weighted by Crippen LogP contribution is 2.30. The van der Waals surface area contributed by atoms with Crippen LogP contribution in [0.25, 0.3) is 11.3 Å². The Hall–Kier alpha value is -3.09. The molecule has 7 heteroatoms. The van der Waals surface area contributed by atoms with Gasteiger partial charge in [-0.15, -0.1) is 0 Å². The Labute approximate surface area is 145 Å². The van der Waals surface area contributed by atoms with Gasteiger partial charge in [-0.2, -0.15) is 10.2 Å². The zero-order chi connectivity index (χ0) is 17.6. The average molecular weight is 337 g/mol. The molecule has 25 heavy (non-hydrogen) atoms. The van der Waals surface area contributed by atoms with Gasteiger partial charge in [-0.1, -0.05) is 0 Å². The molecule has 3 heterocycles. The molecule has 0 radical (unpaired) electrons. The molecule has 0 fully saturated rings. The zero-order valence-electron chi connectivity index (χ0n) is 14.4. The average Bonchev–Trinajstić information content (AvgIpc) is 3.30. The number of carbonyl (C=O) groups is 1. The predicted molar refractivity (Wildman–Crippen MR) is 93.9 cm³/mol. The lowest BCUT2D eigenvalue weighted by molar-refractivity contribution is 0.102. The molecule has 0 aliphatic carbocycles. The van der Waals surface area contributed by atoms with Crippen molar-refractivity contribution in [2.24, 2.45) is 7.05 Å². The van der Waals surface area contributed by atoms with E-state index in [0.717, 1.165) is 47.1 Å². The van der Waals surface area contributed by atoms with Gasteiger partial charge < -0.3 is 10.1 Å². The summed E-state index contributed by atoms with van der Waals surface area (Å²) in [4.78, 5) is 12.5. The number of nitrogens with one attached hydrogen (secondary N) is 2. The second-order valence-corrected chi connectivity index (χ2v) is 6.21. The van der Waals surface area contributed by atoms with Gasteiger partial charge >= 0.3 is 0 Å². The number of anilines is 1. The van der Waals surface area contributed by atoms with Gasteiger partial charge in [0.15, 0.2) is 0 Å². The number of ether oxygens (including phenoxy) is 1. The Morgan fingerprint density at radius 2 is 2.16 bits per heavy atom. The van der Waals surface area contributed by atoms with Gasteiger partial charge in [0.1, 0.15) is 11.4 Å². The molecule has 2 N–H and O–H groups in total. The van der Waals surface area contributed by atoms with E-state index in [9.17, 15) is 4.79 Å². The van der Waals surface area contributed by atoms with Crippen LogP contribution in [0.5, 0.6) is 5.75 Å². The van der Waals surface area contributed by atoms with Crippen LogP contribution in [-0.2, 0) is 13.5 Å². The van der Waals surface area contributed by atoms with Crippen LogP contribution in [-0.4, -0.2) is 32.5 Å². The number of carbonyl (C=O) groups excluding carboxylic acids is 1. The molecule has 0 saturated carbocycles. The molecule has 0 bridgehead atoms. The summed E-state index contributed by atoms with van der Waals surface area (Å²) in [6.45, 7) is 4.51. The molecule has 2 aromatic heterocycles. The third kappa shape index (κ3) is 2.67. The smallest absolute Gasteiger partial charge is 0.273 e. The van der Waals surface area contributed by atoms with Crippen molar-refractivity contribution < 1.29 is 9.53 Å². The van der Waals surface area contributed by atoms with E-state index in [0.29, 0.717) is 5.69 Å². The lowest BCUT2D eigenvalue weighted by atomic mass is 10.1. The Morgan fingerprint density at radius 1 is 1.32 bits per heavy atom. The second kappa shape index (κ2) is 5.77. The van der Waals surface area contributed by atoms with Gasteiger partial charge in [0.05, 0.1) is 29.4 Å². The molecule has 0 atom stereocenters. The molecule has 1 aliphatic heterocycles. The molecule has 1 aromatic carbocycles. The fourth-order valence-corrected chi connectivity index (χ4v) is 3.07. The van der Waals surface area contributed by atoms with E-state index in [1.807, 2.05) is 33.0 Å². The molecule has 1 amide bonds.